The summed E-state index contributed by atoms with van der Waals surface area (Å²) in [7, 11) is 0. The highest BCUT2D eigenvalue weighted by Gasteiger charge is 2.21. The highest BCUT2D eigenvalue weighted by Crippen LogP contribution is 2.28. The third kappa shape index (κ3) is 4.00. The van der Waals surface area contributed by atoms with Gasteiger partial charge in [-0.2, -0.15) is 5.26 Å². The summed E-state index contributed by atoms with van der Waals surface area (Å²) in [5.74, 6) is -1.68. The molecule has 3 aromatic rings. The lowest BCUT2D eigenvalue weighted by Gasteiger charge is -2.32. The minimum Gasteiger partial charge on any atom is -0.365 e. The summed E-state index contributed by atoms with van der Waals surface area (Å²) in [6.45, 7) is -4.52. The highest BCUT2D eigenvalue weighted by atomic mass is 35.5. The van der Waals surface area contributed by atoms with Gasteiger partial charge in [0.05, 0.1) is 8.30 Å². The Kier molecular flexibility index (Phi) is 2.78. The van der Waals surface area contributed by atoms with Gasteiger partial charge in [-0.3, -0.25) is 4.90 Å². The molecule has 0 aliphatic carbocycles. The number of benzene rings is 1. The summed E-state index contributed by atoms with van der Waals surface area (Å²) in [4.78, 5) is 12.4. The molecule has 1 aliphatic rings. The molecule has 4 rings (SSSR count). The maximum Gasteiger partial charge on any atom is 0.186 e. The summed E-state index contributed by atoms with van der Waals surface area (Å²) in [5, 5.41) is 9.30. The molecule has 2 aromatic heterocycles. The van der Waals surface area contributed by atoms with Gasteiger partial charge in [0.25, 0.3) is 0 Å². The summed E-state index contributed by atoms with van der Waals surface area (Å²) in [6, 6.07) is -0.602. The van der Waals surface area contributed by atoms with Crippen molar-refractivity contribution in [2.24, 2.45) is 0 Å². The van der Waals surface area contributed by atoms with E-state index in [1.54, 1.807) is 0 Å². The first-order chi connectivity index (χ1) is 17.0. The number of piperidine rings is 1. The smallest absolute Gasteiger partial charge is 0.186 e. The molecule has 1 N–H and O–H groups in total. The molecule has 1 saturated heterocycles. The molecule has 138 valence electrons. The van der Waals surface area contributed by atoms with Crippen LogP contribution in [0, 0.1) is 17.1 Å². The number of aromatic nitrogens is 3. The van der Waals surface area contributed by atoms with Crippen LogP contribution in [0.5, 0.6) is 0 Å². The van der Waals surface area contributed by atoms with Crippen LogP contribution in [0.2, 0.25) is 5.88 Å². The molecule has 1 aromatic carbocycles. The predicted octanol–water partition coefficient (Wildman–Crippen LogP) is 3.83. The molecule has 27 heavy (non-hydrogen) atoms. The van der Waals surface area contributed by atoms with Crippen LogP contribution in [0.1, 0.15) is 36.2 Å². The molecular formula is C18H16ClFN6S. The number of fused-ring (bicyclic) bond motifs is 1. The Bertz CT molecular complexity index is 1430. The number of likely N-dealkylation sites (tertiary alicyclic amines) is 1. The van der Waals surface area contributed by atoms with E-state index in [0.717, 1.165) is 28.4 Å². The summed E-state index contributed by atoms with van der Waals surface area (Å²) >= 11 is 6.76. The predicted molar refractivity (Wildman–Crippen MR) is 103 cm³/mol. The van der Waals surface area contributed by atoms with E-state index in [9.17, 15) is 4.39 Å². The number of nitrogens with one attached hydrogen (secondary N) is 1. The van der Waals surface area contributed by atoms with Gasteiger partial charge in [0.2, 0.25) is 0 Å². The molecule has 1 fully saturated rings. The van der Waals surface area contributed by atoms with Gasteiger partial charge in [-0.1, -0.05) is 29.0 Å². The lowest BCUT2D eigenvalue weighted by atomic mass is 10.0. The van der Waals surface area contributed by atoms with E-state index in [1.807, 2.05) is 0 Å². The molecule has 6 nitrogen and oxygen atoms in total. The first-order valence-electron chi connectivity index (χ1n) is 12.5. The van der Waals surface area contributed by atoms with Gasteiger partial charge >= 0.3 is 0 Å². The monoisotopic (exact) mass is 412 g/mol. The second kappa shape index (κ2) is 7.72. The van der Waals surface area contributed by atoms with Crippen LogP contribution in [0.3, 0.4) is 0 Å². The zero-order valence-electron chi connectivity index (χ0n) is 23.4. The standard InChI is InChI=1S/C18H16ClFN6S/c19-18-25-15-16(22-10-23-17(15)27-18)24-13-3-5-26(6-4-13)9-11-1-2-14(20)12(7-11)8-21/h1-2,7,10,13H,3-6,9H2,(H,22,23,24)/i2D,3D2,4D2,9D2,10D,13D/hD. The fourth-order valence-corrected chi connectivity index (χ4v) is 3.21. The van der Waals surface area contributed by atoms with Gasteiger partial charge in [0, 0.05) is 33.8 Å². The maximum atomic E-state index is 14.0. The van der Waals surface area contributed by atoms with Crippen LogP contribution in [0.4, 0.5) is 10.2 Å². The summed E-state index contributed by atoms with van der Waals surface area (Å²) in [5.41, 5.74) is -1.12. The van der Waals surface area contributed by atoms with E-state index in [1.165, 1.54) is 6.07 Å². The van der Waals surface area contributed by atoms with Gasteiger partial charge in [-0.15, -0.1) is 0 Å². The Morgan fingerprint density at radius 2 is 2.41 bits per heavy atom. The molecule has 0 atom stereocenters. The first-order valence-corrected chi connectivity index (χ1v) is 8.71. The minimum atomic E-state index is -3.03. The van der Waals surface area contributed by atoms with E-state index in [4.69, 9.17) is 30.6 Å². The Labute approximate surface area is 178 Å². The molecule has 0 radical (unpaired) electrons. The van der Waals surface area contributed by atoms with Crippen LogP contribution in [-0.4, -0.2) is 39.0 Å². The molecule has 0 unspecified atom stereocenters. The zero-order valence-corrected chi connectivity index (χ0v) is 15.0. The highest BCUT2D eigenvalue weighted by molar-refractivity contribution is 7.21. The number of hydrogen-bond acceptors (Lipinski definition) is 7. The van der Waals surface area contributed by atoms with Crippen LogP contribution in [0.15, 0.2) is 24.5 Å². The van der Waals surface area contributed by atoms with Crippen molar-refractivity contribution in [3.63, 3.8) is 0 Å². The lowest BCUT2D eigenvalue weighted by Crippen LogP contribution is -2.38. The largest absolute Gasteiger partial charge is 0.365 e. The fraction of sp³-hybridized carbons (Fsp3) is 0.333. The number of halogens is 2. The molecule has 0 spiro atoms. The number of nitriles is 1. The Hall–Kier alpha value is -2.34. The molecule has 0 saturated carbocycles. The van der Waals surface area contributed by atoms with E-state index >= 15 is 0 Å². The number of hydrogen-bond donors (Lipinski definition) is 1. The first kappa shape index (κ1) is 9.73. The van der Waals surface area contributed by atoms with Gasteiger partial charge in [0.15, 0.2) is 11.7 Å². The molecule has 0 bridgehead atoms. The number of thiazole rings is 1. The molecule has 1 aliphatic heterocycles. The molecule has 3 heterocycles. The lowest BCUT2D eigenvalue weighted by molar-refractivity contribution is 0.211. The van der Waals surface area contributed by atoms with Crippen LogP contribution >= 0.6 is 22.9 Å². The number of anilines is 1. The number of rotatable bonds is 4. The van der Waals surface area contributed by atoms with Crippen LogP contribution in [-0.2, 0) is 6.50 Å². The topological polar surface area (TPSA) is 77.7 Å². The van der Waals surface area contributed by atoms with Crippen molar-refractivity contribution in [1.82, 2.24) is 19.9 Å². The third-order valence-corrected chi connectivity index (χ3v) is 4.55. The number of nitrogens with zero attached hydrogens (tertiary/aromatic N) is 5. The van der Waals surface area contributed by atoms with Crippen LogP contribution < -0.4 is 5.31 Å². The van der Waals surface area contributed by atoms with Crippen molar-refractivity contribution in [3.05, 3.63) is 45.9 Å². The average Bonchev–Trinajstić information content (AvgIpc) is 3.17. The van der Waals surface area contributed by atoms with Gasteiger partial charge in [-0.25, -0.2) is 19.3 Å². The van der Waals surface area contributed by atoms with Crippen molar-refractivity contribution in [2.75, 3.05) is 18.4 Å². The van der Waals surface area contributed by atoms with E-state index in [-0.39, 0.29) is 25.7 Å². The quantitative estimate of drug-likeness (QED) is 0.701. The Morgan fingerprint density at radius 1 is 1.59 bits per heavy atom. The maximum absolute atomic E-state index is 14.0. The van der Waals surface area contributed by atoms with Crippen molar-refractivity contribution in [3.8, 4) is 6.07 Å². The minimum absolute atomic E-state index is 0.0255. The van der Waals surface area contributed by atoms with Gasteiger partial charge in [0.1, 0.15) is 29.9 Å². The van der Waals surface area contributed by atoms with E-state index in [0.29, 0.717) is 0 Å². The van der Waals surface area contributed by atoms with Crippen molar-refractivity contribution >= 4 is 39.1 Å². The SMILES string of the molecule is [2H]c1nc(N([2H])C2([2H])C([2H])([2H])CN(C([2H])([2H])c3cc([2H])c(F)c(C#N)c3)CC2([2H])[2H])c2nc(Cl)sc2n1. The average molecular weight is 413 g/mol. The normalized spacial score (nSPS) is 26.6. The van der Waals surface area contributed by atoms with E-state index in [2.05, 4.69) is 15.0 Å². The zero-order chi connectivity index (χ0) is 27.7. The van der Waals surface area contributed by atoms with E-state index < -0.39 is 67.9 Å². The van der Waals surface area contributed by atoms with Crippen molar-refractivity contribution in [1.29, 1.82) is 5.26 Å². The van der Waals surface area contributed by atoms with Crippen molar-refractivity contribution in [2.45, 2.75) is 25.3 Å². The van der Waals surface area contributed by atoms with Gasteiger partial charge in [-0.05, 0) is 30.4 Å². The Balaban J connectivity index is 1.79. The molecular weight excluding hydrogens is 387 g/mol. The Morgan fingerprint density at radius 3 is 3.19 bits per heavy atom. The summed E-state index contributed by atoms with van der Waals surface area (Å²) in [6.07, 6.45) is -6.50. The molecule has 0 amide bonds. The summed E-state index contributed by atoms with van der Waals surface area (Å²) < 4.78 is 98.4. The second-order valence-electron chi connectivity index (χ2n) is 5.28. The third-order valence-electron chi connectivity index (χ3n) is 3.49. The fourth-order valence-electron chi connectivity index (χ4n) is 2.29. The van der Waals surface area contributed by atoms with Gasteiger partial charge < -0.3 is 5.31 Å². The second-order valence-corrected chi connectivity index (χ2v) is 6.84. The van der Waals surface area contributed by atoms with Crippen molar-refractivity contribution < 1.29 is 18.1 Å². The van der Waals surface area contributed by atoms with Crippen LogP contribution in [0.25, 0.3) is 10.3 Å². The molecule has 9 heteroatoms.